The summed E-state index contributed by atoms with van der Waals surface area (Å²) in [4.78, 5) is 12.7. The molecule has 1 N–H and O–H groups in total. The first-order chi connectivity index (χ1) is 13.0. The maximum absolute atomic E-state index is 12.7. The lowest BCUT2D eigenvalue weighted by Gasteiger charge is -2.16. The molecule has 0 aliphatic rings. The average molecular weight is 402 g/mol. The van der Waals surface area contributed by atoms with Gasteiger partial charge in [-0.15, -0.1) is 5.10 Å². The summed E-state index contributed by atoms with van der Waals surface area (Å²) < 4.78 is 1.59. The minimum absolute atomic E-state index is 0.0984. The van der Waals surface area contributed by atoms with E-state index in [-0.39, 0.29) is 11.2 Å². The number of carbonyl (C=O) groups is 1. The molecule has 1 unspecified atom stereocenters. The summed E-state index contributed by atoms with van der Waals surface area (Å²) in [6.45, 7) is 6.03. The van der Waals surface area contributed by atoms with Crippen LogP contribution < -0.4 is 5.32 Å². The average Bonchev–Trinajstić information content (AvgIpc) is 3.10. The molecule has 3 aromatic rings. The van der Waals surface area contributed by atoms with Gasteiger partial charge in [0.05, 0.1) is 10.9 Å². The number of amides is 1. The Morgan fingerprint density at radius 3 is 2.52 bits per heavy atom. The quantitative estimate of drug-likeness (QED) is 0.613. The second kappa shape index (κ2) is 8.54. The van der Waals surface area contributed by atoms with Crippen LogP contribution in [0.2, 0.25) is 5.02 Å². The van der Waals surface area contributed by atoms with Gasteiger partial charge in [-0.1, -0.05) is 55.4 Å². The normalized spacial score (nSPS) is 12.2. The molecule has 1 heterocycles. The van der Waals surface area contributed by atoms with Crippen LogP contribution in [0.5, 0.6) is 0 Å². The third kappa shape index (κ3) is 4.67. The smallest absolute Gasteiger partial charge is 0.237 e. The first-order valence-corrected chi connectivity index (χ1v) is 9.82. The Kier molecular flexibility index (Phi) is 6.13. The SMILES string of the molecule is CC(Sc1nnnn1-c1ccc(Cl)cc1)C(=O)Nc1ccccc1C(C)C. The van der Waals surface area contributed by atoms with Gasteiger partial charge in [0.25, 0.3) is 0 Å². The molecule has 27 heavy (non-hydrogen) atoms. The van der Waals surface area contributed by atoms with Gasteiger partial charge in [-0.3, -0.25) is 4.79 Å². The number of tetrazole rings is 1. The predicted octanol–water partition coefficient (Wildman–Crippen LogP) is 4.56. The second-order valence-electron chi connectivity index (χ2n) is 6.34. The summed E-state index contributed by atoms with van der Waals surface area (Å²) in [5.41, 5.74) is 2.72. The van der Waals surface area contributed by atoms with Crippen LogP contribution in [-0.4, -0.2) is 31.4 Å². The molecule has 0 saturated heterocycles. The van der Waals surface area contributed by atoms with E-state index in [4.69, 9.17) is 11.6 Å². The molecule has 0 bridgehead atoms. The highest BCUT2D eigenvalue weighted by atomic mass is 35.5. The Labute approximate surface area is 167 Å². The van der Waals surface area contributed by atoms with Crippen LogP contribution in [0.4, 0.5) is 5.69 Å². The second-order valence-corrected chi connectivity index (χ2v) is 8.09. The van der Waals surface area contributed by atoms with Crippen molar-refractivity contribution in [2.24, 2.45) is 0 Å². The zero-order valence-corrected chi connectivity index (χ0v) is 16.8. The molecule has 0 aliphatic carbocycles. The van der Waals surface area contributed by atoms with Crippen molar-refractivity contribution in [3.05, 3.63) is 59.1 Å². The minimum Gasteiger partial charge on any atom is -0.325 e. The summed E-state index contributed by atoms with van der Waals surface area (Å²) in [5.74, 6) is 0.223. The predicted molar refractivity (Wildman–Crippen MR) is 109 cm³/mol. The van der Waals surface area contributed by atoms with E-state index in [9.17, 15) is 4.79 Å². The number of rotatable bonds is 6. The summed E-state index contributed by atoms with van der Waals surface area (Å²) in [5, 5.41) is 15.6. The number of anilines is 1. The Bertz CT molecular complexity index is 926. The number of benzene rings is 2. The zero-order chi connectivity index (χ0) is 19.4. The molecule has 0 aliphatic heterocycles. The molecule has 2 aromatic carbocycles. The number of para-hydroxylation sites is 1. The minimum atomic E-state index is -0.373. The lowest BCUT2D eigenvalue weighted by atomic mass is 10.0. The molecular formula is C19H20ClN5OS. The fraction of sp³-hybridized carbons (Fsp3) is 0.263. The van der Waals surface area contributed by atoms with Gasteiger partial charge in [0.1, 0.15) is 0 Å². The third-order valence-corrected chi connectivity index (χ3v) is 5.29. The molecule has 1 aromatic heterocycles. The number of nitrogens with one attached hydrogen (secondary N) is 1. The van der Waals surface area contributed by atoms with Crippen molar-refractivity contribution < 1.29 is 4.79 Å². The molecule has 3 rings (SSSR count). The van der Waals surface area contributed by atoms with Crippen molar-refractivity contribution in [1.29, 1.82) is 0 Å². The lowest BCUT2D eigenvalue weighted by Crippen LogP contribution is -2.23. The molecule has 0 saturated carbocycles. The van der Waals surface area contributed by atoms with Gasteiger partial charge in [-0.2, -0.15) is 4.68 Å². The first-order valence-electron chi connectivity index (χ1n) is 8.56. The van der Waals surface area contributed by atoms with E-state index < -0.39 is 0 Å². The van der Waals surface area contributed by atoms with Crippen molar-refractivity contribution in [3.8, 4) is 5.69 Å². The van der Waals surface area contributed by atoms with E-state index in [2.05, 4.69) is 34.7 Å². The standard InChI is InChI=1S/C19H20ClN5OS/c1-12(2)16-6-4-5-7-17(16)21-18(26)13(3)27-19-22-23-24-25(19)15-10-8-14(20)9-11-15/h4-13H,1-3H3,(H,21,26). The number of nitrogens with zero attached hydrogens (tertiary/aromatic N) is 4. The van der Waals surface area contributed by atoms with Crippen molar-refractivity contribution in [2.75, 3.05) is 5.32 Å². The third-order valence-electron chi connectivity index (χ3n) is 4.00. The van der Waals surface area contributed by atoms with E-state index >= 15 is 0 Å². The van der Waals surface area contributed by atoms with Gasteiger partial charge in [-0.05, 0) is 59.2 Å². The molecule has 1 atom stereocenters. The number of thioether (sulfide) groups is 1. The van der Waals surface area contributed by atoms with Crippen LogP contribution >= 0.6 is 23.4 Å². The lowest BCUT2D eigenvalue weighted by molar-refractivity contribution is -0.115. The molecule has 140 valence electrons. The van der Waals surface area contributed by atoms with Crippen molar-refractivity contribution in [3.63, 3.8) is 0 Å². The monoisotopic (exact) mass is 401 g/mol. The highest BCUT2D eigenvalue weighted by Gasteiger charge is 2.20. The topological polar surface area (TPSA) is 72.7 Å². The van der Waals surface area contributed by atoms with E-state index in [0.29, 0.717) is 16.1 Å². The molecule has 6 nitrogen and oxygen atoms in total. The van der Waals surface area contributed by atoms with Gasteiger partial charge in [0.15, 0.2) is 0 Å². The van der Waals surface area contributed by atoms with Gasteiger partial charge < -0.3 is 5.32 Å². The largest absolute Gasteiger partial charge is 0.325 e. The number of carbonyl (C=O) groups excluding carboxylic acids is 1. The van der Waals surface area contributed by atoms with Crippen molar-refractivity contribution in [2.45, 2.75) is 37.1 Å². The van der Waals surface area contributed by atoms with Gasteiger partial charge in [0, 0.05) is 10.7 Å². The van der Waals surface area contributed by atoms with Crippen LogP contribution in [0.15, 0.2) is 53.7 Å². The summed E-state index contributed by atoms with van der Waals surface area (Å²) in [6.07, 6.45) is 0. The van der Waals surface area contributed by atoms with Crippen LogP contribution in [0.1, 0.15) is 32.3 Å². The van der Waals surface area contributed by atoms with Crippen LogP contribution in [0, 0.1) is 0 Å². The van der Waals surface area contributed by atoms with Crippen LogP contribution in [-0.2, 0) is 4.79 Å². The number of hydrogen-bond acceptors (Lipinski definition) is 5. The van der Waals surface area contributed by atoms with E-state index in [0.717, 1.165) is 16.9 Å². The first kappa shape index (κ1) is 19.4. The highest BCUT2D eigenvalue weighted by molar-refractivity contribution is 8.00. The summed E-state index contributed by atoms with van der Waals surface area (Å²) >= 11 is 7.23. The molecule has 0 fully saturated rings. The molecule has 0 radical (unpaired) electrons. The van der Waals surface area contributed by atoms with Crippen molar-refractivity contribution >= 4 is 35.0 Å². The number of halogens is 1. The Hall–Kier alpha value is -2.38. The van der Waals surface area contributed by atoms with Gasteiger partial charge in [-0.25, -0.2) is 0 Å². The Morgan fingerprint density at radius 1 is 1.11 bits per heavy atom. The molecule has 0 spiro atoms. The number of aromatic nitrogens is 4. The Morgan fingerprint density at radius 2 is 1.81 bits per heavy atom. The fourth-order valence-corrected chi connectivity index (χ4v) is 3.49. The van der Waals surface area contributed by atoms with Crippen LogP contribution in [0.25, 0.3) is 5.69 Å². The zero-order valence-electron chi connectivity index (χ0n) is 15.3. The van der Waals surface area contributed by atoms with Gasteiger partial charge >= 0.3 is 0 Å². The summed E-state index contributed by atoms with van der Waals surface area (Å²) in [7, 11) is 0. The molecule has 8 heteroatoms. The Balaban J connectivity index is 1.73. The van der Waals surface area contributed by atoms with E-state index in [1.165, 1.54) is 11.8 Å². The fourth-order valence-electron chi connectivity index (χ4n) is 2.56. The van der Waals surface area contributed by atoms with E-state index in [1.54, 1.807) is 16.8 Å². The van der Waals surface area contributed by atoms with Gasteiger partial charge in [0.2, 0.25) is 11.1 Å². The molecule has 1 amide bonds. The van der Waals surface area contributed by atoms with E-state index in [1.807, 2.05) is 43.3 Å². The molecular weight excluding hydrogens is 382 g/mol. The number of hydrogen-bond donors (Lipinski definition) is 1. The maximum Gasteiger partial charge on any atom is 0.237 e. The van der Waals surface area contributed by atoms with Crippen LogP contribution in [0.3, 0.4) is 0 Å². The van der Waals surface area contributed by atoms with Crippen molar-refractivity contribution in [1.82, 2.24) is 20.2 Å². The highest BCUT2D eigenvalue weighted by Crippen LogP contribution is 2.27. The maximum atomic E-state index is 12.7. The summed E-state index contributed by atoms with van der Waals surface area (Å²) in [6, 6.07) is 15.0.